The Hall–Kier alpha value is -3.64. The van der Waals surface area contributed by atoms with E-state index in [1.807, 2.05) is 0 Å². The Kier molecular flexibility index (Phi) is 8.69. The third-order valence-corrected chi connectivity index (χ3v) is 5.88. The Morgan fingerprint density at radius 1 is 1.00 bits per heavy atom. The van der Waals surface area contributed by atoms with E-state index in [2.05, 4.69) is 4.99 Å². The number of carboxylic acids is 1. The molecule has 5 N–H and O–H groups in total. The second kappa shape index (κ2) is 10.2. The minimum Gasteiger partial charge on any atom is -0.475 e. The molecular weight excluding hydrogens is 566 g/mol. The lowest BCUT2D eigenvalue weighted by Gasteiger charge is -2.46. The zero-order valence-electron chi connectivity index (χ0n) is 20.1. The average molecular weight is 586 g/mol. The van der Waals surface area contributed by atoms with Crippen LogP contribution in [0.25, 0.3) is 0 Å². The summed E-state index contributed by atoms with van der Waals surface area (Å²) in [4.78, 5) is 38.5. The van der Waals surface area contributed by atoms with Crippen molar-refractivity contribution in [3.63, 3.8) is 0 Å². The third-order valence-electron chi connectivity index (χ3n) is 5.88. The average Bonchev–Trinajstić information content (AvgIpc) is 2.75. The zero-order valence-corrected chi connectivity index (χ0v) is 20.1. The van der Waals surface area contributed by atoms with E-state index in [1.54, 1.807) is 0 Å². The van der Waals surface area contributed by atoms with Crippen LogP contribution in [0.5, 0.6) is 0 Å². The summed E-state index contributed by atoms with van der Waals surface area (Å²) in [6.45, 7) is 4.06. The van der Waals surface area contributed by atoms with Crippen molar-refractivity contribution in [2.24, 2.45) is 16.1 Å². The minimum absolute atomic E-state index is 0.311. The highest BCUT2D eigenvalue weighted by molar-refractivity contribution is 6.02. The van der Waals surface area contributed by atoms with E-state index in [0.29, 0.717) is 12.1 Å². The fourth-order valence-corrected chi connectivity index (χ4v) is 3.19. The molecule has 19 heteroatoms. The summed E-state index contributed by atoms with van der Waals surface area (Å²) in [5, 5.41) is 17.6. The van der Waals surface area contributed by atoms with Crippen LogP contribution in [-0.4, -0.2) is 70.0 Å². The van der Waals surface area contributed by atoms with Gasteiger partial charge in [-0.15, -0.1) is 0 Å². The van der Waals surface area contributed by atoms with Crippen molar-refractivity contribution < 1.29 is 68.5 Å². The van der Waals surface area contributed by atoms with Crippen LogP contribution in [0.2, 0.25) is 0 Å². The molecule has 0 aliphatic carbocycles. The van der Waals surface area contributed by atoms with Crippen molar-refractivity contribution in [2.75, 3.05) is 12.4 Å². The van der Waals surface area contributed by atoms with Gasteiger partial charge in [0, 0.05) is 18.3 Å². The van der Waals surface area contributed by atoms with Gasteiger partial charge >= 0.3 is 30.1 Å². The molecule has 0 radical (unpaired) electrons. The van der Waals surface area contributed by atoms with Crippen LogP contribution in [0.3, 0.4) is 0 Å². The molecule has 220 valence electrons. The van der Waals surface area contributed by atoms with Crippen molar-refractivity contribution in [3.05, 3.63) is 29.6 Å². The Labute approximate surface area is 212 Å². The number of aliphatic carboxylic acids is 1. The maximum absolute atomic E-state index is 14.7. The molecule has 1 unspecified atom stereocenters. The Bertz CT molecular complexity index is 1160. The lowest BCUT2D eigenvalue weighted by atomic mass is 9.67. The molecule has 1 aromatic rings. The van der Waals surface area contributed by atoms with Gasteiger partial charge in [-0.3, -0.25) is 14.5 Å². The van der Waals surface area contributed by atoms with E-state index < -0.39 is 69.9 Å². The first-order valence-corrected chi connectivity index (χ1v) is 10.1. The van der Waals surface area contributed by atoms with Gasteiger partial charge in [0.1, 0.15) is 11.4 Å². The summed E-state index contributed by atoms with van der Waals surface area (Å²) >= 11 is 0. The van der Waals surface area contributed by atoms with Gasteiger partial charge in [-0.1, -0.05) is 0 Å². The van der Waals surface area contributed by atoms with Crippen LogP contribution >= 0.6 is 0 Å². The van der Waals surface area contributed by atoms with Crippen molar-refractivity contribution >= 4 is 29.4 Å². The summed E-state index contributed by atoms with van der Waals surface area (Å²) in [5.74, 6) is -7.53. The number of nitrogens with one attached hydrogen (secondary N) is 1. The predicted octanol–water partition coefficient (Wildman–Crippen LogP) is 3.28. The summed E-state index contributed by atoms with van der Waals surface area (Å²) < 4.78 is 124. The number of rotatable bonds is 3. The molecule has 0 saturated carbocycles. The third kappa shape index (κ3) is 6.01. The lowest BCUT2D eigenvalue weighted by Crippen LogP contribution is -2.64. The van der Waals surface area contributed by atoms with Crippen molar-refractivity contribution in [1.29, 1.82) is 0 Å². The molecule has 0 bridgehead atoms. The van der Waals surface area contributed by atoms with E-state index in [1.165, 1.54) is 33.1 Å². The van der Waals surface area contributed by atoms with E-state index in [9.17, 15) is 58.6 Å². The summed E-state index contributed by atoms with van der Waals surface area (Å²) in [5.41, 5.74) is -4.38. The number of anilines is 1. The van der Waals surface area contributed by atoms with Crippen molar-refractivity contribution in [1.82, 2.24) is 4.90 Å². The fraction of sp³-hybridized carbons (Fsp3) is 0.500. The highest BCUT2D eigenvalue weighted by Crippen LogP contribution is 2.48. The molecule has 1 aromatic carbocycles. The van der Waals surface area contributed by atoms with E-state index in [0.717, 1.165) is 11.0 Å². The summed E-state index contributed by atoms with van der Waals surface area (Å²) in [6, 6.07) is 2.06. The van der Waals surface area contributed by atoms with Crippen LogP contribution in [0.4, 0.5) is 49.6 Å². The Balaban J connectivity index is 0.000000956. The number of hydrogen-bond donors (Lipinski definition) is 4. The Morgan fingerprint density at radius 3 is 1.82 bits per heavy atom. The summed E-state index contributed by atoms with van der Waals surface area (Å²) in [6.07, 6.45) is -17.9. The quantitative estimate of drug-likeness (QED) is 0.400. The number of aliphatic hydroxyl groups is 1. The second-order valence-electron chi connectivity index (χ2n) is 8.69. The molecule has 0 aromatic heterocycles. The number of carbonyl (C=O) groups excluding carboxylic acids is 2. The fourth-order valence-electron chi connectivity index (χ4n) is 3.19. The number of nitrogens with zero attached hydrogens (tertiary/aromatic N) is 2. The number of carbonyl (C=O) groups is 3. The molecular formula is C20H20F10N4O5. The van der Waals surface area contributed by atoms with Gasteiger partial charge < -0.3 is 21.3 Å². The van der Waals surface area contributed by atoms with Crippen LogP contribution in [-0.2, 0) is 19.9 Å². The zero-order chi connectivity index (χ0) is 31.2. The molecule has 1 aliphatic rings. The first-order chi connectivity index (χ1) is 17.2. The first kappa shape index (κ1) is 33.4. The van der Waals surface area contributed by atoms with Gasteiger partial charge in [-0.05, 0) is 39.0 Å². The SMILES string of the molecule is CN1C(=O)C(C)(C)C(C)(c2cc(NC(=O)C(O)(C(F)(F)F)C(F)(F)F)ccc2F)N=C1N.O=C(O)C(F)(F)F. The number of nitrogens with two attached hydrogens (primary N) is 1. The van der Waals surface area contributed by atoms with Crippen LogP contribution in [0, 0.1) is 11.2 Å². The van der Waals surface area contributed by atoms with Crippen molar-refractivity contribution in [3.8, 4) is 0 Å². The molecule has 1 aliphatic heterocycles. The minimum atomic E-state index is -6.40. The smallest absolute Gasteiger partial charge is 0.475 e. The van der Waals surface area contributed by atoms with Gasteiger partial charge in [-0.2, -0.15) is 39.5 Å². The molecule has 0 saturated heterocycles. The van der Waals surface area contributed by atoms with Crippen molar-refractivity contribution in [2.45, 2.75) is 50.4 Å². The van der Waals surface area contributed by atoms with Gasteiger partial charge in [-0.25, -0.2) is 14.2 Å². The predicted molar refractivity (Wildman–Crippen MR) is 111 cm³/mol. The van der Waals surface area contributed by atoms with E-state index in [4.69, 9.17) is 15.6 Å². The number of amides is 2. The van der Waals surface area contributed by atoms with Gasteiger partial charge in [0.25, 0.3) is 5.91 Å². The molecule has 2 rings (SSSR count). The van der Waals surface area contributed by atoms with Gasteiger partial charge in [0.15, 0.2) is 5.96 Å². The highest BCUT2D eigenvalue weighted by atomic mass is 19.4. The number of aliphatic imine (C=N–C) groups is 1. The first-order valence-electron chi connectivity index (χ1n) is 10.1. The molecule has 39 heavy (non-hydrogen) atoms. The lowest BCUT2D eigenvalue weighted by molar-refractivity contribution is -0.348. The maximum atomic E-state index is 14.7. The topological polar surface area (TPSA) is 145 Å². The second-order valence-corrected chi connectivity index (χ2v) is 8.69. The van der Waals surface area contributed by atoms with E-state index in [-0.39, 0.29) is 5.96 Å². The van der Waals surface area contributed by atoms with Crippen LogP contribution in [0.15, 0.2) is 23.2 Å². The molecule has 1 heterocycles. The maximum Gasteiger partial charge on any atom is 0.490 e. The number of guanidine groups is 1. The number of benzene rings is 1. The molecule has 0 spiro atoms. The highest BCUT2D eigenvalue weighted by Gasteiger charge is 2.75. The van der Waals surface area contributed by atoms with Gasteiger partial charge in [0.05, 0.1) is 5.41 Å². The van der Waals surface area contributed by atoms with Gasteiger partial charge in [0.2, 0.25) is 5.91 Å². The molecule has 9 nitrogen and oxygen atoms in total. The normalized spacial score (nSPS) is 20.0. The molecule has 2 amide bonds. The van der Waals surface area contributed by atoms with E-state index >= 15 is 0 Å². The Morgan fingerprint density at radius 2 is 1.44 bits per heavy atom. The number of alkyl halides is 9. The summed E-state index contributed by atoms with van der Waals surface area (Å²) in [7, 11) is 1.31. The largest absolute Gasteiger partial charge is 0.490 e. The number of carboxylic acid groups (broad SMARTS) is 1. The standard InChI is InChI=1S/C18H19F7N4O3.C2HF3O2/c1-14(2)12(31)29(4)13(26)28-15(14,3)9-7-8(5-6-10(9)19)27-11(30)16(32,17(20,21)22)18(23,24)25;3-2(4,5)1(6)7/h5-7,32H,1-4H3,(H2,26,28)(H,27,30);(H,6,7). The number of hydrogen-bond acceptors (Lipinski definition) is 6. The molecule has 1 atom stereocenters. The molecule has 0 fully saturated rings. The monoisotopic (exact) mass is 586 g/mol. The number of halogens is 10. The van der Waals surface area contributed by atoms with Crippen LogP contribution in [0.1, 0.15) is 26.3 Å². The van der Waals surface area contributed by atoms with Crippen LogP contribution < -0.4 is 11.1 Å².